The Balaban J connectivity index is 3.23. The van der Waals surface area contributed by atoms with Gasteiger partial charge in [-0.15, -0.1) is 0 Å². The Labute approximate surface area is 35.1 Å². The van der Waals surface area contributed by atoms with Gasteiger partial charge >= 0.3 is 0 Å². The number of hydrogen-bond donors (Lipinski definition) is 1. The molecule has 0 spiro atoms. The van der Waals surface area contributed by atoms with Crippen molar-refractivity contribution < 1.29 is 9.59 Å². The number of rotatable bonds is 2. The van der Waals surface area contributed by atoms with Crippen molar-refractivity contribution in [2.75, 3.05) is 6.54 Å². The molecule has 0 saturated heterocycles. The minimum absolute atomic E-state index is 0.233. The summed E-state index contributed by atoms with van der Waals surface area (Å²) in [5, 5.41) is 0. The van der Waals surface area contributed by atoms with Crippen molar-refractivity contribution in [2.45, 2.75) is 0 Å². The van der Waals surface area contributed by atoms with Gasteiger partial charge in [0.05, 0.1) is 6.54 Å². The molecule has 0 atom stereocenters. The summed E-state index contributed by atoms with van der Waals surface area (Å²) in [6.07, 6.45) is 1.10. The molecule has 0 unspecified atom stereocenters. The third kappa shape index (κ3) is 1.60. The lowest BCUT2D eigenvalue weighted by molar-refractivity contribution is -0.111. The Kier molecular flexibility index (Phi) is 2.24. The van der Waals surface area contributed by atoms with Gasteiger partial charge in [0.1, 0.15) is 0 Å². The summed E-state index contributed by atoms with van der Waals surface area (Å²) in [7, 11) is 0. The van der Waals surface area contributed by atoms with E-state index in [9.17, 15) is 9.59 Å². The molecule has 0 aromatic heterocycles. The van der Waals surface area contributed by atoms with E-state index in [1.54, 1.807) is 0 Å². The van der Waals surface area contributed by atoms with Crippen LogP contribution in [-0.2, 0) is 9.59 Å². The lowest BCUT2D eigenvalue weighted by atomic mass is 10.5. The van der Waals surface area contributed by atoms with Crippen molar-refractivity contribution >= 4 is 12.1 Å². The topological polar surface area (TPSA) is 60.2 Å². The summed E-state index contributed by atoms with van der Waals surface area (Å²) in [4.78, 5) is 18.8. The first-order chi connectivity index (χ1) is 2.81. The van der Waals surface area contributed by atoms with Crippen LogP contribution in [0.25, 0.3) is 0 Å². The summed E-state index contributed by atoms with van der Waals surface area (Å²) in [5.74, 6) is -0.685. The monoisotopic (exact) mass is 86.0 g/mol. The molecule has 1 radical (unpaired) electrons. The highest BCUT2D eigenvalue weighted by molar-refractivity contribution is 6.26. The second-order valence-electron chi connectivity index (χ2n) is 0.729. The maximum Gasteiger partial charge on any atom is 0.273 e. The normalized spacial score (nSPS) is 7.50. The number of carbonyl (C=O) groups is 1. The fourth-order valence-corrected chi connectivity index (χ4v) is 0.0417. The van der Waals surface area contributed by atoms with Crippen molar-refractivity contribution in [1.82, 2.24) is 0 Å². The van der Waals surface area contributed by atoms with E-state index in [2.05, 4.69) is 5.73 Å². The first-order valence-electron chi connectivity index (χ1n) is 1.42. The highest BCUT2D eigenvalue weighted by Crippen LogP contribution is 1.49. The van der Waals surface area contributed by atoms with Crippen molar-refractivity contribution in [1.29, 1.82) is 0 Å². The lowest BCUT2D eigenvalue weighted by Crippen LogP contribution is -2.13. The lowest BCUT2D eigenvalue weighted by Gasteiger charge is -1.71. The highest BCUT2D eigenvalue weighted by atomic mass is 16.2. The van der Waals surface area contributed by atoms with Gasteiger partial charge in [-0.3, -0.25) is 9.59 Å². The second kappa shape index (κ2) is 2.53. The number of ketones is 1. The average molecular weight is 86.1 g/mol. The van der Waals surface area contributed by atoms with Crippen LogP contribution in [-0.4, -0.2) is 18.6 Å². The van der Waals surface area contributed by atoms with Crippen LogP contribution >= 0.6 is 0 Å². The molecule has 2 N–H and O–H groups in total. The molecule has 33 valence electrons. The van der Waals surface area contributed by atoms with E-state index in [4.69, 9.17) is 0 Å². The summed E-state index contributed by atoms with van der Waals surface area (Å²) < 4.78 is 0. The Morgan fingerprint density at radius 1 is 1.83 bits per heavy atom. The zero-order valence-corrected chi connectivity index (χ0v) is 3.10. The standard InChI is InChI=1S/C3H4NO2/c4-1-3(6)2-5/h1,4H2. The van der Waals surface area contributed by atoms with Crippen LogP contribution in [0.3, 0.4) is 0 Å². The molecule has 3 heteroatoms. The third-order valence-corrected chi connectivity index (χ3v) is 0.299. The maximum atomic E-state index is 9.63. The van der Waals surface area contributed by atoms with Gasteiger partial charge in [-0.1, -0.05) is 0 Å². The van der Waals surface area contributed by atoms with E-state index >= 15 is 0 Å². The third-order valence-electron chi connectivity index (χ3n) is 0.299. The van der Waals surface area contributed by atoms with Crippen LogP contribution in [0.1, 0.15) is 0 Å². The number of Topliss-reactive ketones (excluding diaryl/α,β-unsaturated/α-hetero) is 1. The van der Waals surface area contributed by atoms with Gasteiger partial charge in [-0.25, -0.2) is 0 Å². The summed E-state index contributed by atoms with van der Waals surface area (Å²) in [6.45, 7) is -0.233. The quantitative estimate of drug-likeness (QED) is 0.421. The Morgan fingerprint density at radius 3 is 2.33 bits per heavy atom. The van der Waals surface area contributed by atoms with Crippen LogP contribution in [0.5, 0.6) is 0 Å². The summed E-state index contributed by atoms with van der Waals surface area (Å²) >= 11 is 0. The molecular weight excluding hydrogens is 82.0 g/mol. The number of nitrogens with two attached hydrogens (primary N) is 1. The molecule has 0 amide bonds. The summed E-state index contributed by atoms with van der Waals surface area (Å²) in [5.41, 5.74) is 4.67. The van der Waals surface area contributed by atoms with Gasteiger partial charge in [0.2, 0.25) is 5.78 Å². The van der Waals surface area contributed by atoms with Gasteiger partial charge in [0, 0.05) is 0 Å². The van der Waals surface area contributed by atoms with Crippen LogP contribution in [0.2, 0.25) is 0 Å². The first kappa shape index (κ1) is 5.30. The van der Waals surface area contributed by atoms with E-state index in [0.717, 1.165) is 6.29 Å². The van der Waals surface area contributed by atoms with Crippen molar-refractivity contribution in [3.63, 3.8) is 0 Å². The van der Waals surface area contributed by atoms with Crippen LogP contribution in [0, 0.1) is 0 Å². The van der Waals surface area contributed by atoms with Crippen molar-refractivity contribution in [2.24, 2.45) is 5.73 Å². The molecule has 0 fully saturated rings. The van der Waals surface area contributed by atoms with Gasteiger partial charge in [-0.2, -0.15) is 0 Å². The van der Waals surface area contributed by atoms with Gasteiger partial charge in [0.15, 0.2) is 0 Å². The number of carbonyl (C=O) groups excluding carboxylic acids is 2. The zero-order chi connectivity index (χ0) is 4.99. The molecule has 0 saturated carbocycles. The second-order valence-corrected chi connectivity index (χ2v) is 0.729. The van der Waals surface area contributed by atoms with E-state index in [-0.39, 0.29) is 6.54 Å². The smallest absolute Gasteiger partial charge is 0.273 e. The fraction of sp³-hybridized carbons (Fsp3) is 0.333. The predicted octanol–water partition coefficient (Wildman–Crippen LogP) is -1.38. The molecule has 3 nitrogen and oxygen atoms in total. The van der Waals surface area contributed by atoms with Crippen molar-refractivity contribution in [3.8, 4) is 0 Å². The maximum absolute atomic E-state index is 9.63. The largest absolute Gasteiger partial charge is 0.324 e. The van der Waals surface area contributed by atoms with Crippen LogP contribution < -0.4 is 5.73 Å². The minimum Gasteiger partial charge on any atom is -0.324 e. The Hall–Kier alpha value is -0.700. The van der Waals surface area contributed by atoms with E-state index < -0.39 is 5.78 Å². The minimum atomic E-state index is -0.685. The fourth-order valence-electron chi connectivity index (χ4n) is 0.0417. The molecule has 0 aromatic carbocycles. The van der Waals surface area contributed by atoms with Gasteiger partial charge in [0.25, 0.3) is 6.29 Å². The van der Waals surface area contributed by atoms with E-state index in [0.29, 0.717) is 0 Å². The molecule has 0 aliphatic heterocycles. The molecule has 0 heterocycles. The molecular formula is C3H4NO2. The molecule has 6 heavy (non-hydrogen) atoms. The molecule has 0 aromatic rings. The average Bonchev–Trinajstić information content (AvgIpc) is 1.65. The van der Waals surface area contributed by atoms with Gasteiger partial charge in [-0.05, 0) is 0 Å². The molecule has 0 bridgehead atoms. The summed E-state index contributed by atoms with van der Waals surface area (Å²) in [6, 6.07) is 0. The highest BCUT2D eigenvalue weighted by Gasteiger charge is 1.89. The van der Waals surface area contributed by atoms with E-state index in [1.807, 2.05) is 0 Å². The predicted molar refractivity (Wildman–Crippen MR) is 19.8 cm³/mol. The van der Waals surface area contributed by atoms with Gasteiger partial charge < -0.3 is 5.73 Å². The Bertz CT molecular complexity index is 69.2. The SMILES string of the molecule is NCC(=O)[C]=O. The first-order valence-corrected chi connectivity index (χ1v) is 1.42. The Morgan fingerprint density at radius 2 is 2.33 bits per heavy atom. The van der Waals surface area contributed by atoms with E-state index in [1.165, 1.54) is 0 Å². The van der Waals surface area contributed by atoms with Crippen molar-refractivity contribution in [3.05, 3.63) is 0 Å². The number of hydrogen-bond acceptors (Lipinski definition) is 3. The van der Waals surface area contributed by atoms with Crippen LogP contribution in [0.4, 0.5) is 0 Å². The molecule has 0 aliphatic carbocycles. The zero-order valence-electron chi connectivity index (χ0n) is 3.10. The van der Waals surface area contributed by atoms with Crippen LogP contribution in [0.15, 0.2) is 0 Å². The molecule has 0 aliphatic rings. The molecule has 0 rings (SSSR count).